The van der Waals surface area contributed by atoms with Crippen LogP contribution in [0.5, 0.6) is 0 Å². The Bertz CT molecular complexity index is 668. The molecule has 0 saturated heterocycles. The van der Waals surface area contributed by atoms with E-state index in [0.717, 1.165) is 11.1 Å². The van der Waals surface area contributed by atoms with Crippen molar-refractivity contribution < 1.29 is 10.0 Å². The minimum absolute atomic E-state index is 0.0160. The van der Waals surface area contributed by atoms with E-state index in [9.17, 15) is 15.2 Å². The average Bonchev–Trinajstić information content (AvgIpc) is 2.45. The van der Waals surface area contributed by atoms with Gasteiger partial charge in [-0.15, -0.1) is 0 Å². The van der Waals surface area contributed by atoms with Crippen LogP contribution < -0.4 is 0 Å². The fraction of sp³-hybridized carbons (Fsp3) is 0.0667. The van der Waals surface area contributed by atoms with E-state index in [2.05, 4.69) is 11.8 Å². The first-order chi connectivity index (χ1) is 9.20. The lowest BCUT2D eigenvalue weighted by molar-refractivity contribution is -0.384. The summed E-state index contributed by atoms with van der Waals surface area (Å²) in [5.74, 6) is 5.78. The van der Waals surface area contributed by atoms with Crippen molar-refractivity contribution in [3.8, 4) is 11.8 Å². The molecule has 0 aliphatic rings. The molecule has 0 heterocycles. The zero-order valence-corrected chi connectivity index (χ0v) is 10.0. The van der Waals surface area contributed by atoms with E-state index in [1.54, 1.807) is 24.3 Å². The molecule has 2 rings (SSSR count). The number of non-ortho nitro benzene ring substituents is 1. The molecule has 0 bridgehead atoms. The van der Waals surface area contributed by atoms with E-state index in [4.69, 9.17) is 0 Å². The van der Waals surface area contributed by atoms with Crippen LogP contribution in [-0.4, -0.2) is 10.0 Å². The minimum atomic E-state index is -0.452. The third kappa shape index (κ3) is 3.18. The first kappa shape index (κ1) is 12.8. The molecule has 0 radical (unpaired) electrons. The number of hydrogen-bond acceptors (Lipinski definition) is 3. The molecule has 0 aliphatic heterocycles. The van der Waals surface area contributed by atoms with Crippen molar-refractivity contribution in [2.24, 2.45) is 0 Å². The van der Waals surface area contributed by atoms with Crippen LogP contribution in [-0.2, 0) is 6.61 Å². The summed E-state index contributed by atoms with van der Waals surface area (Å²) >= 11 is 0. The van der Waals surface area contributed by atoms with E-state index in [1.165, 1.54) is 12.1 Å². The summed E-state index contributed by atoms with van der Waals surface area (Å²) in [4.78, 5) is 10.2. The zero-order chi connectivity index (χ0) is 13.7. The number of nitro benzene ring substituents is 1. The maximum Gasteiger partial charge on any atom is 0.270 e. The van der Waals surface area contributed by atoms with Crippen LogP contribution >= 0.6 is 0 Å². The molecule has 0 aliphatic carbocycles. The molecule has 19 heavy (non-hydrogen) atoms. The van der Waals surface area contributed by atoms with Crippen LogP contribution in [0, 0.1) is 22.0 Å². The maximum atomic E-state index is 10.7. The van der Waals surface area contributed by atoms with Crippen molar-refractivity contribution in [2.75, 3.05) is 0 Å². The topological polar surface area (TPSA) is 63.4 Å². The first-order valence-electron chi connectivity index (χ1n) is 5.66. The molecule has 2 aromatic rings. The van der Waals surface area contributed by atoms with E-state index in [1.807, 2.05) is 12.1 Å². The van der Waals surface area contributed by atoms with Crippen molar-refractivity contribution in [2.45, 2.75) is 6.61 Å². The van der Waals surface area contributed by atoms with E-state index in [-0.39, 0.29) is 12.3 Å². The first-order valence-corrected chi connectivity index (χ1v) is 5.66. The molecule has 0 aromatic heterocycles. The number of rotatable bonds is 2. The molecule has 1 N–H and O–H groups in total. The molecule has 0 amide bonds. The Hall–Kier alpha value is -2.64. The normalized spacial score (nSPS) is 9.53. The largest absolute Gasteiger partial charge is 0.392 e. The van der Waals surface area contributed by atoms with Crippen molar-refractivity contribution >= 4 is 5.69 Å². The molecule has 0 fully saturated rings. The molecule has 94 valence electrons. The SMILES string of the molecule is O=[N+]([O-])c1cccc(C#Cc2ccccc2CO)c1. The Morgan fingerprint density at radius 2 is 1.89 bits per heavy atom. The standard InChI is InChI=1S/C15H11NO3/c17-11-14-6-2-1-5-13(14)9-8-12-4-3-7-15(10-12)16(18)19/h1-7,10,17H,11H2. The Labute approximate surface area is 110 Å². The number of benzene rings is 2. The molecule has 2 aromatic carbocycles. The lowest BCUT2D eigenvalue weighted by atomic mass is 10.1. The van der Waals surface area contributed by atoms with Gasteiger partial charge < -0.3 is 5.11 Å². The quantitative estimate of drug-likeness (QED) is 0.508. The highest BCUT2D eigenvalue weighted by Crippen LogP contribution is 2.13. The number of aliphatic hydroxyl groups is 1. The second-order valence-corrected chi connectivity index (χ2v) is 3.87. The van der Waals surface area contributed by atoms with Gasteiger partial charge in [-0.3, -0.25) is 10.1 Å². The summed E-state index contributed by atoms with van der Waals surface area (Å²) in [6.45, 7) is -0.0835. The van der Waals surface area contributed by atoms with Gasteiger partial charge in [0, 0.05) is 23.3 Å². The fourth-order valence-corrected chi connectivity index (χ4v) is 1.62. The highest BCUT2D eigenvalue weighted by molar-refractivity contribution is 5.49. The van der Waals surface area contributed by atoms with Crippen LogP contribution in [0.25, 0.3) is 0 Å². The third-order valence-corrected chi connectivity index (χ3v) is 2.59. The highest BCUT2D eigenvalue weighted by atomic mass is 16.6. The molecule has 4 nitrogen and oxygen atoms in total. The molecule has 0 saturated carbocycles. The number of hydrogen-bond donors (Lipinski definition) is 1. The number of nitro groups is 1. The summed E-state index contributed by atoms with van der Waals surface area (Å²) < 4.78 is 0. The van der Waals surface area contributed by atoms with Crippen molar-refractivity contribution in [3.63, 3.8) is 0 Å². The average molecular weight is 253 g/mol. The Morgan fingerprint density at radius 3 is 2.63 bits per heavy atom. The maximum absolute atomic E-state index is 10.7. The summed E-state index contributed by atoms with van der Waals surface area (Å²) in [6, 6.07) is 13.4. The molecular formula is C15H11NO3. The van der Waals surface area contributed by atoms with Gasteiger partial charge in [-0.1, -0.05) is 36.1 Å². The summed E-state index contributed by atoms with van der Waals surface area (Å²) in [5, 5.41) is 19.8. The van der Waals surface area contributed by atoms with Crippen LogP contribution in [0.3, 0.4) is 0 Å². The molecular weight excluding hydrogens is 242 g/mol. The molecule has 4 heteroatoms. The third-order valence-electron chi connectivity index (χ3n) is 2.59. The van der Waals surface area contributed by atoms with Crippen molar-refractivity contribution in [1.29, 1.82) is 0 Å². The lowest BCUT2D eigenvalue weighted by Gasteiger charge is -1.98. The van der Waals surface area contributed by atoms with E-state index in [0.29, 0.717) is 5.56 Å². The number of aliphatic hydroxyl groups excluding tert-OH is 1. The van der Waals surface area contributed by atoms with Gasteiger partial charge in [0.15, 0.2) is 0 Å². The smallest absolute Gasteiger partial charge is 0.270 e. The Morgan fingerprint density at radius 1 is 1.11 bits per heavy atom. The fourth-order valence-electron chi connectivity index (χ4n) is 1.62. The minimum Gasteiger partial charge on any atom is -0.392 e. The van der Waals surface area contributed by atoms with Crippen LogP contribution in [0.2, 0.25) is 0 Å². The summed E-state index contributed by atoms with van der Waals surface area (Å²) in [5.41, 5.74) is 2.04. The van der Waals surface area contributed by atoms with Crippen LogP contribution in [0.1, 0.15) is 16.7 Å². The van der Waals surface area contributed by atoms with Gasteiger partial charge in [0.2, 0.25) is 0 Å². The van der Waals surface area contributed by atoms with Gasteiger partial charge in [-0.05, 0) is 17.7 Å². The van der Waals surface area contributed by atoms with Crippen molar-refractivity contribution in [3.05, 3.63) is 75.3 Å². The predicted molar refractivity (Wildman–Crippen MR) is 71.4 cm³/mol. The van der Waals surface area contributed by atoms with Gasteiger partial charge in [-0.25, -0.2) is 0 Å². The van der Waals surface area contributed by atoms with Crippen LogP contribution in [0.15, 0.2) is 48.5 Å². The van der Waals surface area contributed by atoms with Gasteiger partial charge in [0.05, 0.1) is 11.5 Å². The second kappa shape index (κ2) is 5.80. The molecule has 0 unspecified atom stereocenters. The predicted octanol–water partition coefficient (Wildman–Crippen LogP) is 2.49. The monoisotopic (exact) mass is 253 g/mol. The molecule has 0 atom stereocenters. The Balaban J connectivity index is 2.34. The highest BCUT2D eigenvalue weighted by Gasteiger charge is 2.03. The van der Waals surface area contributed by atoms with Gasteiger partial charge in [-0.2, -0.15) is 0 Å². The van der Waals surface area contributed by atoms with E-state index >= 15 is 0 Å². The number of nitrogens with zero attached hydrogens (tertiary/aromatic N) is 1. The lowest BCUT2D eigenvalue weighted by Crippen LogP contribution is -1.89. The second-order valence-electron chi connectivity index (χ2n) is 3.87. The van der Waals surface area contributed by atoms with Gasteiger partial charge in [0.25, 0.3) is 5.69 Å². The van der Waals surface area contributed by atoms with Crippen molar-refractivity contribution in [1.82, 2.24) is 0 Å². The Kier molecular flexibility index (Phi) is 3.91. The summed E-state index contributed by atoms with van der Waals surface area (Å²) in [6.07, 6.45) is 0. The molecule has 0 spiro atoms. The summed E-state index contributed by atoms with van der Waals surface area (Å²) in [7, 11) is 0. The zero-order valence-electron chi connectivity index (χ0n) is 10.0. The van der Waals surface area contributed by atoms with Crippen LogP contribution in [0.4, 0.5) is 5.69 Å². The van der Waals surface area contributed by atoms with Gasteiger partial charge in [0.1, 0.15) is 0 Å². The van der Waals surface area contributed by atoms with Gasteiger partial charge >= 0.3 is 0 Å². The van der Waals surface area contributed by atoms with E-state index < -0.39 is 4.92 Å².